The van der Waals surface area contributed by atoms with Crippen molar-refractivity contribution in [1.29, 1.82) is 0 Å². The van der Waals surface area contributed by atoms with Crippen molar-refractivity contribution in [2.75, 3.05) is 13.7 Å². The van der Waals surface area contributed by atoms with Gasteiger partial charge in [0, 0.05) is 13.7 Å². The van der Waals surface area contributed by atoms with Gasteiger partial charge in [0.2, 0.25) is 5.88 Å². The van der Waals surface area contributed by atoms with E-state index in [0.29, 0.717) is 23.7 Å². The summed E-state index contributed by atoms with van der Waals surface area (Å²) in [7, 11) is 3.17. The van der Waals surface area contributed by atoms with Gasteiger partial charge in [0.05, 0.1) is 18.4 Å². The van der Waals surface area contributed by atoms with Crippen molar-refractivity contribution in [2.45, 2.75) is 20.0 Å². The number of nitrogens with zero attached hydrogens (tertiary/aromatic N) is 2. The molecule has 1 rings (SSSR count). The van der Waals surface area contributed by atoms with E-state index in [-0.39, 0.29) is 0 Å². The molecule has 0 aliphatic heterocycles. The summed E-state index contributed by atoms with van der Waals surface area (Å²) < 4.78 is 11.8. The Bertz CT molecular complexity index is 386. The summed E-state index contributed by atoms with van der Waals surface area (Å²) >= 11 is 0. The topological polar surface area (TPSA) is 73.6 Å². The third-order valence-electron chi connectivity index (χ3n) is 2.23. The van der Waals surface area contributed by atoms with Crippen molar-refractivity contribution >= 4 is 5.97 Å². The summed E-state index contributed by atoms with van der Waals surface area (Å²) in [5.74, 6) is -0.630. The first-order valence-electron chi connectivity index (χ1n) is 4.94. The lowest BCUT2D eigenvalue weighted by atomic mass is 10.1. The predicted octanol–water partition coefficient (Wildman–Crippen LogP) is 0.899. The number of carboxylic acids is 1. The second-order valence-corrected chi connectivity index (χ2v) is 3.31. The van der Waals surface area contributed by atoms with Gasteiger partial charge in [-0.05, 0) is 13.8 Å². The Hall–Kier alpha value is -1.56. The Balaban J connectivity index is 3.22. The largest absolute Gasteiger partial charge is 0.481 e. The number of carbonyl (C=O) groups is 1. The average molecular weight is 228 g/mol. The lowest BCUT2D eigenvalue weighted by Crippen LogP contribution is -2.16. The molecule has 1 atom stereocenters. The second-order valence-electron chi connectivity index (χ2n) is 3.31. The van der Waals surface area contributed by atoms with Crippen LogP contribution in [0.3, 0.4) is 0 Å². The highest BCUT2D eigenvalue weighted by atomic mass is 16.5. The molecule has 16 heavy (non-hydrogen) atoms. The van der Waals surface area contributed by atoms with Crippen molar-refractivity contribution in [3.05, 3.63) is 11.3 Å². The van der Waals surface area contributed by atoms with Crippen LogP contribution in [0, 0.1) is 6.92 Å². The van der Waals surface area contributed by atoms with Crippen LogP contribution < -0.4 is 4.74 Å². The molecular weight excluding hydrogens is 212 g/mol. The highest BCUT2D eigenvalue weighted by Crippen LogP contribution is 2.30. The van der Waals surface area contributed by atoms with E-state index >= 15 is 0 Å². The zero-order valence-corrected chi connectivity index (χ0v) is 9.85. The molecule has 1 N–H and O–H groups in total. The fourth-order valence-electron chi connectivity index (χ4n) is 1.64. The maximum Gasteiger partial charge on any atom is 0.337 e. The molecule has 0 saturated heterocycles. The maximum absolute atomic E-state index is 11.1. The molecular formula is C10H16N2O4. The van der Waals surface area contributed by atoms with Crippen LogP contribution in [-0.2, 0) is 16.6 Å². The zero-order valence-electron chi connectivity index (χ0n) is 9.85. The van der Waals surface area contributed by atoms with E-state index in [1.807, 2.05) is 0 Å². The number of methoxy groups -OCH3 is 1. The fourth-order valence-corrected chi connectivity index (χ4v) is 1.64. The smallest absolute Gasteiger partial charge is 0.337 e. The van der Waals surface area contributed by atoms with Crippen LogP contribution in [0.15, 0.2) is 0 Å². The molecule has 6 nitrogen and oxygen atoms in total. The molecule has 0 aliphatic rings. The van der Waals surface area contributed by atoms with Gasteiger partial charge in [-0.25, -0.2) is 9.48 Å². The lowest BCUT2D eigenvalue weighted by molar-refractivity contribution is -0.150. The van der Waals surface area contributed by atoms with E-state index < -0.39 is 12.1 Å². The SMILES string of the molecule is CCOC(C(=O)O)c1c(C)nn(C)c1OC. The van der Waals surface area contributed by atoms with Gasteiger partial charge in [-0.15, -0.1) is 0 Å². The maximum atomic E-state index is 11.1. The van der Waals surface area contributed by atoms with Gasteiger partial charge in [0.25, 0.3) is 0 Å². The van der Waals surface area contributed by atoms with Gasteiger partial charge in [0.1, 0.15) is 0 Å². The van der Waals surface area contributed by atoms with Gasteiger partial charge >= 0.3 is 5.97 Å². The fraction of sp³-hybridized carbons (Fsp3) is 0.600. The molecule has 0 radical (unpaired) electrons. The molecule has 1 unspecified atom stereocenters. The summed E-state index contributed by atoms with van der Waals surface area (Å²) in [4.78, 5) is 11.1. The first-order chi connectivity index (χ1) is 7.52. The number of aryl methyl sites for hydroxylation is 2. The monoisotopic (exact) mass is 228 g/mol. The highest BCUT2D eigenvalue weighted by Gasteiger charge is 2.29. The van der Waals surface area contributed by atoms with E-state index in [2.05, 4.69) is 5.10 Å². The zero-order chi connectivity index (χ0) is 12.3. The molecule has 0 spiro atoms. The number of ether oxygens (including phenoxy) is 2. The molecule has 0 amide bonds. The lowest BCUT2D eigenvalue weighted by Gasteiger charge is -2.13. The Morgan fingerprint density at radius 1 is 1.62 bits per heavy atom. The Labute approximate surface area is 93.8 Å². The molecule has 0 bridgehead atoms. The average Bonchev–Trinajstić information content (AvgIpc) is 2.49. The quantitative estimate of drug-likeness (QED) is 0.810. The third kappa shape index (κ3) is 2.16. The first-order valence-corrected chi connectivity index (χ1v) is 4.94. The van der Waals surface area contributed by atoms with Gasteiger partial charge in [0.15, 0.2) is 6.10 Å². The van der Waals surface area contributed by atoms with E-state index in [1.165, 1.54) is 11.8 Å². The number of aromatic nitrogens is 2. The molecule has 0 aromatic carbocycles. The van der Waals surface area contributed by atoms with E-state index in [4.69, 9.17) is 14.6 Å². The number of aliphatic carboxylic acids is 1. The Morgan fingerprint density at radius 2 is 2.25 bits per heavy atom. The minimum absolute atomic E-state index is 0.314. The summed E-state index contributed by atoms with van der Waals surface area (Å²) in [6, 6.07) is 0. The molecule has 1 heterocycles. The number of hydrogen-bond donors (Lipinski definition) is 1. The molecule has 1 aromatic heterocycles. The van der Waals surface area contributed by atoms with Crippen molar-refractivity contribution in [3.63, 3.8) is 0 Å². The third-order valence-corrected chi connectivity index (χ3v) is 2.23. The standard InChI is InChI=1S/C10H16N2O4/c1-5-16-8(10(13)14)7-6(2)11-12(3)9(7)15-4/h8H,5H2,1-4H3,(H,13,14). The van der Waals surface area contributed by atoms with Gasteiger partial charge in [-0.1, -0.05) is 0 Å². The van der Waals surface area contributed by atoms with Crippen LogP contribution in [0.4, 0.5) is 0 Å². The van der Waals surface area contributed by atoms with E-state index in [9.17, 15) is 4.79 Å². The molecule has 0 fully saturated rings. The summed E-state index contributed by atoms with van der Waals surface area (Å²) in [5, 5.41) is 13.2. The molecule has 0 aliphatic carbocycles. The normalized spacial score (nSPS) is 12.5. The van der Waals surface area contributed by atoms with Crippen LogP contribution in [0.1, 0.15) is 24.3 Å². The molecule has 1 aromatic rings. The van der Waals surface area contributed by atoms with Gasteiger partial charge in [-0.3, -0.25) is 0 Å². The minimum Gasteiger partial charge on any atom is -0.481 e. The van der Waals surface area contributed by atoms with Crippen LogP contribution in [0.5, 0.6) is 5.88 Å². The summed E-state index contributed by atoms with van der Waals surface area (Å²) in [5.41, 5.74) is 1.07. The number of rotatable bonds is 5. The van der Waals surface area contributed by atoms with Crippen LogP contribution in [0.25, 0.3) is 0 Å². The van der Waals surface area contributed by atoms with Crippen LogP contribution in [-0.4, -0.2) is 34.6 Å². The summed E-state index contributed by atoms with van der Waals surface area (Å²) in [6.45, 7) is 3.79. The van der Waals surface area contributed by atoms with Crippen molar-refractivity contribution in [2.24, 2.45) is 7.05 Å². The number of carboxylic acid groups (broad SMARTS) is 1. The van der Waals surface area contributed by atoms with Gasteiger partial charge < -0.3 is 14.6 Å². The van der Waals surface area contributed by atoms with Crippen molar-refractivity contribution in [1.82, 2.24) is 9.78 Å². The minimum atomic E-state index is -1.05. The summed E-state index contributed by atoms with van der Waals surface area (Å²) in [6.07, 6.45) is -1.03. The highest BCUT2D eigenvalue weighted by molar-refractivity contribution is 5.75. The van der Waals surface area contributed by atoms with Crippen LogP contribution >= 0.6 is 0 Å². The molecule has 0 saturated carbocycles. The van der Waals surface area contributed by atoms with E-state index in [0.717, 1.165) is 0 Å². The Kier molecular flexibility index (Phi) is 3.89. The van der Waals surface area contributed by atoms with E-state index in [1.54, 1.807) is 20.9 Å². The second kappa shape index (κ2) is 4.98. The molecule has 90 valence electrons. The Morgan fingerprint density at radius 3 is 2.69 bits per heavy atom. The number of hydrogen-bond acceptors (Lipinski definition) is 4. The molecule has 6 heteroatoms. The van der Waals surface area contributed by atoms with Crippen LogP contribution in [0.2, 0.25) is 0 Å². The van der Waals surface area contributed by atoms with Crippen molar-refractivity contribution in [3.8, 4) is 5.88 Å². The predicted molar refractivity (Wildman–Crippen MR) is 56.5 cm³/mol. The van der Waals surface area contributed by atoms with Crippen molar-refractivity contribution < 1.29 is 19.4 Å². The first kappa shape index (κ1) is 12.5. The van der Waals surface area contributed by atoms with Gasteiger partial charge in [-0.2, -0.15) is 5.10 Å².